The minimum absolute atomic E-state index is 0.412. The molecule has 2 bridgehead atoms. The lowest BCUT2D eigenvalue weighted by molar-refractivity contribution is 0.330. The molecule has 0 radical (unpaired) electrons. The van der Waals surface area contributed by atoms with Crippen LogP contribution in [-0.2, 0) is 0 Å². The Bertz CT molecular complexity index is 955. The lowest BCUT2D eigenvalue weighted by Gasteiger charge is -2.24. The summed E-state index contributed by atoms with van der Waals surface area (Å²) in [4.78, 5) is 13.7. The average Bonchev–Trinajstić information content (AvgIpc) is 3.25. The topological polar surface area (TPSA) is 95.6 Å². The third-order valence-electron chi connectivity index (χ3n) is 5.91. The molecule has 0 saturated heterocycles. The molecule has 3 heterocycles. The molecule has 2 aliphatic carbocycles. The predicted octanol–water partition coefficient (Wildman–Crippen LogP) is 3.33. The minimum atomic E-state index is 0.412. The fourth-order valence-electron chi connectivity index (χ4n) is 4.89. The van der Waals surface area contributed by atoms with Crippen LogP contribution in [0.5, 0.6) is 0 Å². The Morgan fingerprint density at radius 1 is 1.00 bits per heavy atom. The number of nitrogen functional groups attached to an aromatic ring is 2. The number of nitrogens with two attached hydrogens (primary N) is 2. The van der Waals surface area contributed by atoms with Crippen molar-refractivity contribution in [2.75, 3.05) is 11.5 Å². The normalized spacial score (nSPS) is 25.1. The van der Waals surface area contributed by atoms with E-state index in [0.717, 1.165) is 40.1 Å². The van der Waals surface area contributed by atoms with Gasteiger partial charge in [0.05, 0.1) is 5.69 Å². The maximum Gasteiger partial charge on any atom is 0.160 e. The molecule has 128 valence electrons. The Hall–Kier alpha value is -2.63. The van der Waals surface area contributed by atoms with Gasteiger partial charge in [0.1, 0.15) is 23.0 Å². The number of pyridine rings is 2. The summed E-state index contributed by atoms with van der Waals surface area (Å²) in [6, 6.07) is 8.19. The number of rotatable bonds is 2. The maximum absolute atomic E-state index is 5.85. The van der Waals surface area contributed by atoms with Crippen LogP contribution in [0.25, 0.3) is 22.4 Å². The molecule has 4 N–H and O–H groups in total. The molecule has 3 atom stereocenters. The molecule has 2 saturated carbocycles. The van der Waals surface area contributed by atoms with Crippen LogP contribution in [0.3, 0.4) is 0 Å². The van der Waals surface area contributed by atoms with Gasteiger partial charge in [-0.3, -0.25) is 0 Å². The van der Waals surface area contributed by atoms with Crippen molar-refractivity contribution in [2.24, 2.45) is 11.8 Å². The fraction of sp³-hybridized carbons (Fsp3) is 0.421. The van der Waals surface area contributed by atoms with E-state index in [1.807, 2.05) is 24.3 Å². The Balaban J connectivity index is 1.65. The Morgan fingerprint density at radius 2 is 1.80 bits per heavy atom. The number of anilines is 2. The highest BCUT2D eigenvalue weighted by molar-refractivity contribution is 5.77. The summed E-state index contributed by atoms with van der Waals surface area (Å²) in [6.07, 6.45) is 5.35. The summed E-state index contributed by atoms with van der Waals surface area (Å²) in [6.45, 7) is 2.09. The first kappa shape index (κ1) is 14.7. The van der Waals surface area contributed by atoms with E-state index >= 15 is 0 Å². The molecule has 3 unspecified atom stereocenters. The van der Waals surface area contributed by atoms with Gasteiger partial charge in [-0.2, -0.15) is 0 Å². The van der Waals surface area contributed by atoms with Gasteiger partial charge in [-0.25, -0.2) is 15.0 Å². The molecule has 0 amide bonds. The molecule has 3 aromatic heterocycles. The summed E-state index contributed by atoms with van der Waals surface area (Å²) in [7, 11) is 0. The lowest BCUT2D eigenvalue weighted by Crippen LogP contribution is -2.17. The molecule has 6 nitrogen and oxygen atoms in total. The molecule has 0 aromatic carbocycles. The Labute approximate surface area is 146 Å². The van der Waals surface area contributed by atoms with Crippen LogP contribution < -0.4 is 11.5 Å². The summed E-state index contributed by atoms with van der Waals surface area (Å²) in [5, 5.41) is 0. The standard InChI is InChI=1S/C19H22N6/c1-10-22-15-5-4-14(13-8-17(20)24-18(21)9-13)23-19(15)25(10)16-7-11-2-3-12(16)6-11/h4-5,8-9,11-12,16H,2-3,6-7H2,1H3,(H4,20,21,24). The highest BCUT2D eigenvalue weighted by Crippen LogP contribution is 2.51. The lowest BCUT2D eigenvalue weighted by atomic mass is 9.95. The van der Waals surface area contributed by atoms with Crippen LogP contribution in [-0.4, -0.2) is 19.5 Å². The van der Waals surface area contributed by atoms with E-state index in [1.54, 1.807) is 0 Å². The predicted molar refractivity (Wildman–Crippen MR) is 98.8 cm³/mol. The molecular formula is C19H22N6. The second kappa shape index (κ2) is 5.18. The molecular weight excluding hydrogens is 312 g/mol. The number of aryl methyl sites for hydroxylation is 1. The highest BCUT2D eigenvalue weighted by atomic mass is 15.2. The second-order valence-electron chi connectivity index (χ2n) is 7.52. The van der Waals surface area contributed by atoms with Crippen molar-refractivity contribution in [2.45, 2.75) is 38.6 Å². The van der Waals surface area contributed by atoms with Crippen molar-refractivity contribution < 1.29 is 0 Å². The van der Waals surface area contributed by atoms with Gasteiger partial charge in [0, 0.05) is 11.6 Å². The van der Waals surface area contributed by atoms with Gasteiger partial charge in [-0.05, 0) is 62.3 Å². The third kappa shape index (κ3) is 2.27. The minimum Gasteiger partial charge on any atom is -0.384 e. The van der Waals surface area contributed by atoms with Crippen LogP contribution >= 0.6 is 0 Å². The van der Waals surface area contributed by atoms with Crippen molar-refractivity contribution in [1.29, 1.82) is 0 Å². The van der Waals surface area contributed by atoms with Gasteiger partial charge in [0.15, 0.2) is 5.65 Å². The van der Waals surface area contributed by atoms with E-state index in [1.165, 1.54) is 25.7 Å². The highest BCUT2D eigenvalue weighted by Gasteiger charge is 2.41. The van der Waals surface area contributed by atoms with Gasteiger partial charge < -0.3 is 16.0 Å². The first-order valence-corrected chi connectivity index (χ1v) is 8.97. The molecule has 2 aliphatic rings. The summed E-state index contributed by atoms with van der Waals surface area (Å²) >= 11 is 0. The maximum atomic E-state index is 5.85. The second-order valence-corrected chi connectivity index (χ2v) is 7.52. The number of aromatic nitrogens is 4. The van der Waals surface area contributed by atoms with Gasteiger partial charge >= 0.3 is 0 Å². The largest absolute Gasteiger partial charge is 0.384 e. The quantitative estimate of drug-likeness (QED) is 0.749. The number of imidazole rings is 1. The van der Waals surface area contributed by atoms with Crippen molar-refractivity contribution >= 4 is 22.8 Å². The fourth-order valence-corrected chi connectivity index (χ4v) is 4.89. The van der Waals surface area contributed by atoms with Gasteiger partial charge in [0.2, 0.25) is 0 Å². The van der Waals surface area contributed by atoms with Crippen molar-refractivity contribution in [3.63, 3.8) is 0 Å². The molecule has 0 aliphatic heterocycles. The molecule has 5 rings (SSSR count). The smallest absolute Gasteiger partial charge is 0.160 e. The summed E-state index contributed by atoms with van der Waals surface area (Å²) in [5.41, 5.74) is 15.4. The SMILES string of the molecule is Cc1nc2ccc(-c3cc(N)nc(N)c3)nc2n1C1CC2CCC1C2. The van der Waals surface area contributed by atoms with Crippen LogP contribution in [0.2, 0.25) is 0 Å². The van der Waals surface area contributed by atoms with Crippen LogP contribution in [0, 0.1) is 18.8 Å². The first-order chi connectivity index (χ1) is 12.1. The van der Waals surface area contributed by atoms with Crippen LogP contribution in [0.15, 0.2) is 24.3 Å². The zero-order valence-electron chi connectivity index (χ0n) is 14.3. The Kier molecular flexibility index (Phi) is 3.04. The van der Waals surface area contributed by atoms with E-state index in [-0.39, 0.29) is 0 Å². The first-order valence-electron chi connectivity index (χ1n) is 8.97. The number of hydrogen-bond donors (Lipinski definition) is 2. The number of hydrogen-bond acceptors (Lipinski definition) is 5. The summed E-state index contributed by atoms with van der Waals surface area (Å²) < 4.78 is 2.37. The van der Waals surface area contributed by atoms with Crippen molar-refractivity contribution in [3.8, 4) is 11.3 Å². The molecule has 25 heavy (non-hydrogen) atoms. The van der Waals surface area contributed by atoms with E-state index in [0.29, 0.717) is 17.7 Å². The Morgan fingerprint density at radius 3 is 2.48 bits per heavy atom. The van der Waals surface area contributed by atoms with Gasteiger partial charge in [-0.15, -0.1) is 0 Å². The molecule has 2 fully saturated rings. The van der Waals surface area contributed by atoms with E-state index in [9.17, 15) is 0 Å². The zero-order chi connectivity index (χ0) is 17.1. The van der Waals surface area contributed by atoms with Gasteiger partial charge in [0.25, 0.3) is 0 Å². The van der Waals surface area contributed by atoms with E-state index in [4.69, 9.17) is 21.4 Å². The number of fused-ring (bicyclic) bond motifs is 3. The third-order valence-corrected chi connectivity index (χ3v) is 5.91. The van der Waals surface area contributed by atoms with Crippen molar-refractivity contribution in [1.82, 2.24) is 19.5 Å². The zero-order valence-corrected chi connectivity index (χ0v) is 14.3. The van der Waals surface area contributed by atoms with E-state index < -0.39 is 0 Å². The van der Waals surface area contributed by atoms with Crippen molar-refractivity contribution in [3.05, 3.63) is 30.1 Å². The molecule has 6 heteroatoms. The molecule has 0 spiro atoms. The number of nitrogens with zero attached hydrogens (tertiary/aromatic N) is 4. The van der Waals surface area contributed by atoms with E-state index in [2.05, 4.69) is 16.5 Å². The van der Waals surface area contributed by atoms with Crippen LogP contribution in [0.4, 0.5) is 11.6 Å². The molecule has 3 aromatic rings. The monoisotopic (exact) mass is 334 g/mol. The average molecular weight is 334 g/mol. The summed E-state index contributed by atoms with van der Waals surface area (Å²) in [5.74, 6) is 3.55. The van der Waals surface area contributed by atoms with Gasteiger partial charge in [-0.1, -0.05) is 6.42 Å². The van der Waals surface area contributed by atoms with Crippen LogP contribution in [0.1, 0.15) is 37.5 Å².